The number of hydrogen-bond acceptors (Lipinski definition) is 5. The number of nitrogens with one attached hydrogen (secondary N) is 2. The van der Waals surface area contributed by atoms with Crippen LogP contribution in [0.2, 0.25) is 0 Å². The van der Waals surface area contributed by atoms with Gasteiger partial charge in [-0.3, -0.25) is 9.59 Å². The summed E-state index contributed by atoms with van der Waals surface area (Å²) in [5.74, 6) is 0.0541. The number of anilines is 3. The van der Waals surface area contributed by atoms with E-state index in [1.165, 1.54) is 5.56 Å². The minimum absolute atomic E-state index is 0.108. The quantitative estimate of drug-likeness (QED) is 0.499. The van der Waals surface area contributed by atoms with Crippen LogP contribution in [0.1, 0.15) is 42.7 Å². The van der Waals surface area contributed by atoms with Gasteiger partial charge in [-0.05, 0) is 60.5 Å². The van der Waals surface area contributed by atoms with Crippen molar-refractivity contribution in [1.29, 1.82) is 0 Å². The number of allylic oxidation sites excluding steroid dienone is 1. The number of para-hydroxylation sites is 2. The molecule has 0 radical (unpaired) electrons. The molecular weight excluding hydrogens is 430 g/mol. The molecule has 2 aliphatic rings. The van der Waals surface area contributed by atoms with Crippen molar-refractivity contribution in [3.63, 3.8) is 0 Å². The second-order valence-electron chi connectivity index (χ2n) is 8.46. The standard InChI is InChI=1S/C27H27N3O2S/c1-2-18-12-14-19(15-13-18)28-25(32)17-30-22-9-4-3-7-20(22)29-21-8-5-10-23(31)26(21)27(30)24-11-6-16-33-24/h3-4,6-7,9,11-16,27,29H,2,5,8,10,17H2,1H3,(H,28,32). The highest BCUT2D eigenvalue weighted by Crippen LogP contribution is 2.45. The third-order valence-corrected chi connectivity index (χ3v) is 7.24. The van der Waals surface area contributed by atoms with Gasteiger partial charge < -0.3 is 15.5 Å². The van der Waals surface area contributed by atoms with E-state index in [1.807, 2.05) is 60.0 Å². The first-order valence-corrected chi connectivity index (χ1v) is 12.3. The Hall–Kier alpha value is -3.38. The third kappa shape index (κ3) is 4.31. The summed E-state index contributed by atoms with van der Waals surface area (Å²) in [5, 5.41) is 8.61. The highest BCUT2D eigenvalue weighted by molar-refractivity contribution is 7.10. The third-order valence-electron chi connectivity index (χ3n) is 6.31. The maximum absolute atomic E-state index is 13.2. The van der Waals surface area contributed by atoms with E-state index in [9.17, 15) is 9.59 Å². The van der Waals surface area contributed by atoms with Gasteiger partial charge in [-0.2, -0.15) is 0 Å². The van der Waals surface area contributed by atoms with Crippen molar-refractivity contribution < 1.29 is 9.59 Å². The van der Waals surface area contributed by atoms with Crippen molar-refractivity contribution in [2.75, 3.05) is 22.1 Å². The smallest absolute Gasteiger partial charge is 0.243 e. The van der Waals surface area contributed by atoms with Crippen molar-refractivity contribution in [2.24, 2.45) is 0 Å². The second kappa shape index (κ2) is 9.24. The molecule has 0 saturated carbocycles. The van der Waals surface area contributed by atoms with Crippen LogP contribution in [-0.4, -0.2) is 18.2 Å². The highest BCUT2D eigenvalue weighted by atomic mass is 32.1. The number of nitrogens with zero attached hydrogens (tertiary/aromatic N) is 1. The van der Waals surface area contributed by atoms with Gasteiger partial charge in [-0.25, -0.2) is 0 Å². The number of thiophene rings is 1. The van der Waals surface area contributed by atoms with Gasteiger partial charge in [-0.15, -0.1) is 11.3 Å². The number of hydrogen-bond donors (Lipinski definition) is 2. The number of Topliss-reactive ketones (excluding diaryl/α,β-unsaturated/α-hetero) is 1. The summed E-state index contributed by atoms with van der Waals surface area (Å²) in [5.41, 5.74) is 5.64. The lowest BCUT2D eigenvalue weighted by Crippen LogP contribution is -2.38. The summed E-state index contributed by atoms with van der Waals surface area (Å²) in [6, 6.07) is 19.7. The molecule has 0 bridgehead atoms. The van der Waals surface area contributed by atoms with E-state index in [4.69, 9.17) is 0 Å². The van der Waals surface area contributed by atoms with Crippen molar-refractivity contribution in [3.8, 4) is 0 Å². The Labute approximate surface area is 198 Å². The van der Waals surface area contributed by atoms with Gasteiger partial charge in [0.1, 0.15) is 0 Å². The van der Waals surface area contributed by atoms with E-state index in [0.29, 0.717) is 6.42 Å². The van der Waals surface area contributed by atoms with Crippen LogP contribution in [0.25, 0.3) is 0 Å². The molecule has 33 heavy (non-hydrogen) atoms. The fourth-order valence-electron chi connectivity index (χ4n) is 4.70. The van der Waals surface area contributed by atoms with Crippen LogP contribution in [0.15, 0.2) is 77.3 Å². The molecule has 0 saturated heterocycles. The van der Waals surface area contributed by atoms with Gasteiger partial charge in [0.25, 0.3) is 0 Å². The Morgan fingerprint density at radius 2 is 1.91 bits per heavy atom. The van der Waals surface area contributed by atoms with Crippen LogP contribution in [0.5, 0.6) is 0 Å². The lowest BCUT2D eigenvalue weighted by Gasteiger charge is -2.34. The van der Waals surface area contributed by atoms with Gasteiger partial charge in [0.05, 0.1) is 24.0 Å². The number of carbonyl (C=O) groups is 2. The van der Waals surface area contributed by atoms with Crippen LogP contribution in [0.4, 0.5) is 17.1 Å². The SMILES string of the molecule is CCc1ccc(NC(=O)CN2c3ccccc3NC3=C(C(=O)CCC3)C2c2cccs2)cc1. The summed E-state index contributed by atoms with van der Waals surface area (Å²) < 4.78 is 0. The Morgan fingerprint density at radius 3 is 2.67 bits per heavy atom. The van der Waals surface area contributed by atoms with Crippen LogP contribution in [-0.2, 0) is 16.0 Å². The maximum atomic E-state index is 13.2. The van der Waals surface area contributed by atoms with Crippen LogP contribution in [0, 0.1) is 0 Å². The van der Waals surface area contributed by atoms with E-state index in [-0.39, 0.29) is 24.3 Å². The molecule has 5 nitrogen and oxygen atoms in total. The van der Waals surface area contributed by atoms with E-state index in [2.05, 4.69) is 28.5 Å². The Morgan fingerprint density at radius 1 is 1.09 bits per heavy atom. The topological polar surface area (TPSA) is 61.4 Å². The van der Waals surface area contributed by atoms with Gasteiger partial charge in [0.2, 0.25) is 5.91 Å². The molecule has 1 aromatic heterocycles. The van der Waals surface area contributed by atoms with E-state index in [0.717, 1.165) is 52.5 Å². The van der Waals surface area contributed by atoms with Crippen molar-refractivity contribution in [3.05, 3.63) is 87.8 Å². The molecule has 168 valence electrons. The minimum atomic E-state index is -0.294. The first-order valence-electron chi connectivity index (χ1n) is 11.4. The Kier molecular flexibility index (Phi) is 6.01. The molecular formula is C27H27N3O2S. The van der Waals surface area contributed by atoms with Crippen molar-refractivity contribution in [1.82, 2.24) is 0 Å². The molecule has 1 aliphatic carbocycles. The summed E-state index contributed by atoms with van der Waals surface area (Å²) in [6.45, 7) is 2.25. The normalized spacial score (nSPS) is 17.7. The van der Waals surface area contributed by atoms with E-state index in [1.54, 1.807) is 11.3 Å². The van der Waals surface area contributed by atoms with Gasteiger partial charge in [-0.1, -0.05) is 37.3 Å². The maximum Gasteiger partial charge on any atom is 0.243 e. The monoisotopic (exact) mass is 457 g/mol. The number of rotatable bonds is 5. The van der Waals surface area contributed by atoms with Gasteiger partial charge >= 0.3 is 0 Å². The molecule has 3 aromatic rings. The lowest BCUT2D eigenvalue weighted by molar-refractivity contribution is -0.117. The number of benzene rings is 2. The molecule has 0 spiro atoms. The number of fused-ring (bicyclic) bond motifs is 1. The number of carbonyl (C=O) groups excluding carboxylic acids is 2. The zero-order valence-electron chi connectivity index (χ0n) is 18.6. The number of ketones is 1. The zero-order chi connectivity index (χ0) is 22.8. The van der Waals surface area contributed by atoms with E-state index < -0.39 is 0 Å². The average molecular weight is 458 g/mol. The average Bonchev–Trinajstić information content (AvgIpc) is 3.31. The largest absolute Gasteiger partial charge is 0.357 e. The highest BCUT2D eigenvalue weighted by Gasteiger charge is 2.37. The molecule has 5 rings (SSSR count). The number of aryl methyl sites for hydroxylation is 1. The van der Waals surface area contributed by atoms with Crippen molar-refractivity contribution in [2.45, 2.75) is 38.6 Å². The predicted octanol–water partition coefficient (Wildman–Crippen LogP) is 5.93. The molecule has 1 atom stereocenters. The Balaban J connectivity index is 1.54. The van der Waals surface area contributed by atoms with Gasteiger partial charge in [0, 0.05) is 28.3 Å². The van der Waals surface area contributed by atoms with Crippen LogP contribution >= 0.6 is 11.3 Å². The second-order valence-corrected chi connectivity index (χ2v) is 9.43. The summed E-state index contributed by atoms with van der Waals surface area (Å²) in [4.78, 5) is 29.6. The lowest BCUT2D eigenvalue weighted by atomic mass is 9.88. The minimum Gasteiger partial charge on any atom is -0.357 e. The molecule has 1 aliphatic heterocycles. The number of amides is 1. The summed E-state index contributed by atoms with van der Waals surface area (Å²) >= 11 is 1.62. The predicted molar refractivity (Wildman–Crippen MR) is 135 cm³/mol. The fraction of sp³-hybridized carbons (Fsp3) is 0.259. The molecule has 1 unspecified atom stereocenters. The van der Waals surface area contributed by atoms with Crippen LogP contribution in [0.3, 0.4) is 0 Å². The molecule has 1 amide bonds. The first kappa shape index (κ1) is 21.5. The summed E-state index contributed by atoms with van der Waals surface area (Å²) in [6.07, 6.45) is 3.18. The van der Waals surface area contributed by atoms with Gasteiger partial charge in [0.15, 0.2) is 5.78 Å². The Bertz CT molecular complexity index is 1200. The van der Waals surface area contributed by atoms with Crippen molar-refractivity contribution >= 4 is 40.1 Å². The molecule has 2 N–H and O–H groups in total. The fourth-order valence-corrected chi connectivity index (χ4v) is 5.54. The summed E-state index contributed by atoms with van der Waals surface area (Å²) in [7, 11) is 0. The van der Waals surface area contributed by atoms with Crippen LogP contribution < -0.4 is 15.5 Å². The molecule has 2 heterocycles. The zero-order valence-corrected chi connectivity index (χ0v) is 19.5. The molecule has 0 fully saturated rings. The molecule has 6 heteroatoms. The first-order chi connectivity index (χ1) is 16.1. The molecule has 2 aromatic carbocycles. The van der Waals surface area contributed by atoms with E-state index >= 15 is 0 Å².